The summed E-state index contributed by atoms with van der Waals surface area (Å²) < 4.78 is 12.7. The summed E-state index contributed by atoms with van der Waals surface area (Å²) in [7, 11) is 1.77. The smallest absolute Gasteiger partial charge is 0.230 e. The minimum absolute atomic E-state index is 0.0805. The van der Waals surface area contributed by atoms with Gasteiger partial charge in [-0.3, -0.25) is 14.3 Å². The van der Waals surface area contributed by atoms with Crippen LogP contribution in [0.5, 0.6) is 11.5 Å². The number of nitrogens with zero attached hydrogens (tertiary/aromatic N) is 3. The Morgan fingerprint density at radius 3 is 2.73 bits per heavy atom. The molecule has 8 heteroatoms. The van der Waals surface area contributed by atoms with Crippen LogP contribution >= 0.6 is 0 Å². The van der Waals surface area contributed by atoms with Gasteiger partial charge < -0.3 is 19.7 Å². The Morgan fingerprint density at radius 1 is 1.23 bits per heavy atom. The molecule has 0 saturated carbocycles. The second-order valence-electron chi connectivity index (χ2n) is 6.52. The predicted molar refractivity (Wildman–Crippen MR) is 94.5 cm³/mol. The summed E-state index contributed by atoms with van der Waals surface area (Å²) in [6.07, 6.45) is 0.178. The highest BCUT2D eigenvalue weighted by molar-refractivity contribution is 6.03. The van der Waals surface area contributed by atoms with Crippen molar-refractivity contribution in [3.05, 3.63) is 30.0 Å². The van der Waals surface area contributed by atoms with Crippen LogP contribution in [0.15, 0.2) is 24.3 Å². The van der Waals surface area contributed by atoms with Crippen LogP contribution in [0.4, 0.5) is 11.5 Å². The van der Waals surface area contributed by atoms with E-state index in [4.69, 9.17) is 9.47 Å². The van der Waals surface area contributed by atoms with Crippen molar-refractivity contribution in [1.82, 2.24) is 9.78 Å². The fourth-order valence-corrected chi connectivity index (χ4v) is 3.29. The molecule has 1 unspecified atom stereocenters. The lowest BCUT2D eigenvalue weighted by atomic mass is 10.1. The number of hydrogen-bond acceptors (Lipinski definition) is 5. The van der Waals surface area contributed by atoms with E-state index >= 15 is 0 Å². The molecule has 1 N–H and O–H groups in total. The van der Waals surface area contributed by atoms with Gasteiger partial charge in [-0.1, -0.05) is 0 Å². The van der Waals surface area contributed by atoms with Crippen molar-refractivity contribution in [3.8, 4) is 11.5 Å². The van der Waals surface area contributed by atoms with Crippen LogP contribution in [0.2, 0.25) is 0 Å². The van der Waals surface area contributed by atoms with Crippen molar-refractivity contribution in [3.63, 3.8) is 0 Å². The highest BCUT2D eigenvalue weighted by atomic mass is 16.6. The van der Waals surface area contributed by atoms with E-state index in [0.29, 0.717) is 42.8 Å². The number of hydrogen-bond donors (Lipinski definition) is 1. The van der Waals surface area contributed by atoms with Crippen LogP contribution in [0.1, 0.15) is 12.1 Å². The van der Waals surface area contributed by atoms with Gasteiger partial charge in [-0.25, -0.2) is 0 Å². The van der Waals surface area contributed by atoms with Gasteiger partial charge in [-0.05, 0) is 19.1 Å². The van der Waals surface area contributed by atoms with Gasteiger partial charge in [0.2, 0.25) is 11.8 Å². The number of fused-ring (bicyclic) bond motifs is 1. The van der Waals surface area contributed by atoms with E-state index in [2.05, 4.69) is 10.4 Å². The van der Waals surface area contributed by atoms with Crippen molar-refractivity contribution >= 4 is 23.3 Å². The van der Waals surface area contributed by atoms with E-state index in [9.17, 15) is 9.59 Å². The standard InChI is InChI=1S/C18H20N4O4/c1-11-7-16(21(2)20-11)19-18(24)12-8-17(23)22(10-12)13-3-4-14-15(9-13)26-6-5-25-14/h3-4,7,9,12H,5-6,8,10H2,1-2H3,(H,19,24). The first-order valence-corrected chi connectivity index (χ1v) is 8.53. The van der Waals surface area contributed by atoms with Gasteiger partial charge in [0.15, 0.2) is 11.5 Å². The highest BCUT2D eigenvalue weighted by Crippen LogP contribution is 2.36. The number of anilines is 2. The van der Waals surface area contributed by atoms with Crippen molar-refractivity contribution < 1.29 is 19.1 Å². The summed E-state index contributed by atoms with van der Waals surface area (Å²) in [4.78, 5) is 26.6. The molecule has 2 aliphatic rings. The summed E-state index contributed by atoms with van der Waals surface area (Å²) in [6, 6.07) is 7.20. The van der Waals surface area contributed by atoms with E-state index in [0.717, 1.165) is 5.69 Å². The zero-order valence-corrected chi connectivity index (χ0v) is 14.7. The Hall–Kier alpha value is -3.03. The molecule has 2 aromatic rings. The molecule has 0 spiro atoms. The van der Waals surface area contributed by atoms with E-state index in [1.807, 2.05) is 13.0 Å². The Labute approximate surface area is 150 Å². The SMILES string of the molecule is Cc1cc(NC(=O)C2CC(=O)N(c3ccc4c(c3)OCCO4)C2)n(C)n1. The van der Waals surface area contributed by atoms with Crippen molar-refractivity contribution in [2.75, 3.05) is 30.0 Å². The molecular weight excluding hydrogens is 336 g/mol. The number of carbonyl (C=O) groups is 2. The molecule has 0 radical (unpaired) electrons. The van der Waals surface area contributed by atoms with Crippen LogP contribution < -0.4 is 19.7 Å². The number of aryl methyl sites for hydroxylation is 2. The van der Waals surface area contributed by atoms with Crippen LogP contribution in [0.25, 0.3) is 0 Å². The second kappa shape index (κ2) is 6.36. The van der Waals surface area contributed by atoms with E-state index in [1.54, 1.807) is 34.8 Å². The number of ether oxygens (including phenoxy) is 2. The zero-order chi connectivity index (χ0) is 18.3. The average molecular weight is 356 g/mol. The summed E-state index contributed by atoms with van der Waals surface area (Å²) in [5, 5.41) is 7.06. The second-order valence-corrected chi connectivity index (χ2v) is 6.52. The first-order valence-electron chi connectivity index (χ1n) is 8.53. The molecule has 1 atom stereocenters. The molecule has 0 bridgehead atoms. The third-order valence-corrected chi connectivity index (χ3v) is 4.59. The minimum Gasteiger partial charge on any atom is -0.486 e. The highest BCUT2D eigenvalue weighted by Gasteiger charge is 2.36. The Morgan fingerprint density at radius 2 is 2.00 bits per heavy atom. The molecule has 0 aliphatic carbocycles. The number of amides is 2. The number of benzene rings is 1. The van der Waals surface area contributed by atoms with Crippen molar-refractivity contribution in [2.24, 2.45) is 13.0 Å². The molecule has 1 saturated heterocycles. The minimum atomic E-state index is -0.411. The maximum atomic E-state index is 12.6. The molecule has 1 fully saturated rings. The van der Waals surface area contributed by atoms with E-state index in [-0.39, 0.29) is 18.2 Å². The molecule has 2 aliphatic heterocycles. The van der Waals surface area contributed by atoms with Crippen molar-refractivity contribution in [2.45, 2.75) is 13.3 Å². The fourth-order valence-electron chi connectivity index (χ4n) is 3.29. The molecule has 1 aromatic heterocycles. The Balaban J connectivity index is 1.48. The number of rotatable bonds is 3. The third kappa shape index (κ3) is 2.98. The number of carbonyl (C=O) groups excluding carboxylic acids is 2. The maximum absolute atomic E-state index is 12.6. The normalized spacial score (nSPS) is 18.9. The first-order chi connectivity index (χ1) is 12.5. The van der Waals surface area contributed by atoms with Crippen LogP contribution in [-0.2, 0) is 16.6 Å². The molecule has 2 amide bonds. The molecule has 1 aromatic carbocycles. The molecule has 8 nitrogen and oxygen atoms in total. The van der Waals surface area contributed by atoms with Crippen LogP contribution in [0.3, 0.4) is 0 Å². The molecule has 3 heterocycles. The molecule has 26 heavy (non-hydrogen) atoms. The molecule has 4 rings (SSSR count). The predicted octanol–water partition coefficient (Wildman–Crippen LogP) is 1.49. The molecule has 136 valence electrons. The van der Waals surface area contributed by atoms with Gasteiger partial charge in [-0.2, -0.15) is 5.10 Å². The zero-order valence-electron chi connectivity index (χ0n) is 14.7. The number of nitrogens with one attached hydrogen (secondary N) is 1. The Kier molecular flexibility index (Phi) is 4.02. The quantitative estimate of drug-likeness (QED) is 0.901. The lowest BCUT2D eigenvalue weighted by Gasteiger charge is -2.22. The summed E-state index contributed by atoms with van der Waals surface area (Å²) >= 11 is 0. The average Bonchev–Trinajstić information content (AvgIpc) is 3.16. The summed E-state index contributed by atoms with van der Waals surface area (Å²) in [6.45, 7) is 3.20. The van der Waals surface area contributed by atoms with Gasteiger partial charge in [0, 0.05) is 37.8 Å². The van der Waals surface area contributed by atoms with Gasteiger partial charge in [-0.15, -0.1) is 0 Å². The van der Waals surface area contributed by atoms with E-state index < -0.39 is 5.92 Å². The van der Waals surface area contributed by atoms with Crippen molar-refractivity contribution in [1.29, 1.82) is 0 Å². The maximum Gasteiger partial charge on any atom is 0.230 e. The van der Waals surface area contributed by atoms with Gasteiger partial charge >= 0.3 is 0 Å². The monoisotopic (exact) mass is 356 g/mol. The fraction of sp³-hybridized carbons (Fsp3) is 0.389. The summed E-state index contributed by atoms with van der Waals surface area (Å²) in [5.41, 5.74) is 1.54. The van der Waals surface area contributed by atoms with Crippen LogP contribution in [-0.4, -0.2) is 41.4 Å². The lowest BCUT2D eigenvalue weighted by molar-refractivity contribution is -0.122. The first kappa shape index (κ1) is 16.4. The lowest BCUT2D eigenvalue weighted by Crippen LogP contribution is -2.28. The van der Waals surface area contributed by atoms with E-state index in [1.165, 1.54) is 0 Å². The van der Waals surface area contributed by atoms with Gasteiger partial charge in [0.05, 0.1) is 11.6 Å². The number of aromatic nitrogens is 2. The van der Waals surface area contributed by atoms with Gasteiger partial charge in [0.1, 0.15) is 19.0 Å². The Bertz CT molecular complexity index is 876. The van der Waals surface area contributed by atoms with Gasteiger partial charge in [0.25, 0.3) is 0 Å². The molecular formula is C18H20N4O4. The third-order valence-electron chi connectivity index (χ3n) is 4.59. The topological polar surface area (TPSA) is 85.7 Å². The summed E-state index contributed by atoms with van der Waals surface area (Å²) in [5.74, 6) is 1.25. The largest absolute Gasteiger partial charge is 0.486 e. The van der Waals surface area contributed by atoms with Crippen LogP contribution in [0, 0.1) is 12.8 Å².